The van der Waals surface area contributed by atoms with E-state index in [9.17, 15) is 14.9 Å². The second-order valence-corrected chi connectivity index (χ2v) is 6.70. The Hall–Kier alpha value is -3.48. The lowest BCUT2D eigenvalue weighted by Gasteiger charge is -2.10. The van der Waals surface area contributed by atoms with E-state index in [1.807, 2.05) is 55.7 Å². The van der Waals surface area contributed by atoms with Gasteiger partial charge in [0.25, 0.3) is 0 Å². The van der Waals surface area contributed by atoms with Gasteiger partial charge in [-0.3, -0.25) is 4.79 Å². The summed E-state index contributed by atoms with van der Waals surface area (Å²) in [4.78, 5) is 27.1. The molecule has 0 saturated heterocycles. The number of ketones is 1. The third-order valence-electron chi connectivity index (χ3n) is 4.53. The number of nitrogens with zero attached hydrogens (tertiary/aromatic N) is 3. The van der Waals surface area contributed by atoms with Crippen molar-refractivity contribution in [3.05, 3.63) is 80.8 Å². The monoisotopic (exact) mass is 379 g/mol. The van der Waals surface area contributed by atoms with Gasteiger partial charge in [-0.1, -0.05) is 17.7 Å². The number of hydrogen-bond donors (Lipinski definition) is 0. The molecule has 3 rings (SSSR count). The first kappa shape index (κ1) is 19.3. The number of rotatable bonds is 6. The third-order valence-corrected chi connectivity index (χ3v) is 4.53. The fourth-order valence-electron chi connectivity index (χ4n) is 3.13. The van der Waals surface area contributed by atoms with Gasteiger partial charge in [0.1, 0.15) is 5.69 Å². The van der Waals surface area contributed by atoms with Gasteiger partial charge in [0.05, 0.1) is 0 Å². The fourth-order valence-corrected chi connectivity index (χ4v) is 3.13. The van der Waals surface area contributed by atoms with Crippen molar-refractivity contribution in [3.8, 4) is 11.4 Å². The second-order valence-electron chi connectivity index (χ2n) is 6.70. The summed E-state index contributed by atoms with van der Waals surface area (Å²) in [5.41, 5.74) is 4.88. The highest BCUT2D eigenvalue weighted by Gasteiger charge is 2.21. The number of ether oxygens (including phenoxy) is 1. The number of carbonyl (C=O) groups is 1. The molecule has 0 aliphatic heterocycles. The molecule has 7 heteroatoms. The number of aromatic nitrogens is 2. The molecular weight excluding hydrogens is 358 g/mol. The van der Waals surface area contributed by atoms with Gasteiger partial charge in [-0.15, -0.1) is 0 Å². The summed E-state index contributed by atoms with van der Waals surface area (Å²) < 4.78 is 7.43. The molecule has 0 N–H and O–H groups in total. The molecule has 0 aliphatic carbocycles. The SMILES string of the molecule is Cc1ccc(-n2c(C)cc(C(=O)COc3ccc(C)nc3[N+](=O)[O-])c2C)cc1. The van der Waals surface area contributed by atoms with Crippen LogP contribution in [0.1, 0.15) is 33.0 Å². The lowest BCUT2D eigenvalue weighted by atomic mass is 10.1. The maximum Gasteiger partial charge on any atom is 0.406 e. The molecule has 7 nitrogen and oxygen atoms in total. The van der Waals surface area contributed by atoms with Crippen LogP contribution in [-0.2, 0) is 0 Å². The fraction of sp³-hybridized carbons (Fsp3) is 0.238. The van der Waals surface area contributed by atoms with Crippen molar-refractivity contribution >= 4 is 11.6 Å². The Kier molecular flexibility index (Phi) is 5.26. The number of benzene rings is 1. The van der Waals surface area contributed by atoms with Crippen molar-refractivity contribution in [2.24, 2.45) is 0 Å². The predicted octanol–water partition coefficient (Wildman–Crippen LogP) is 4.28. The molecule has 0 unspecified atom stereocenters. The van der Waals surface area contributed by atoms with Crippen LogP contribution in [0.4, 0.5) is 5.82 Å². The summed E-state index contributed by atoms with van der Waals surface area (Å²) in [5, 5.41) is 11.1. The van der Waals surface area contributed by atoms with Crippen molar-refractivity contribution in [1.82, 2.24) is 9.55 Å². The Labute approximate surface area is 162 Å². The highest BCUT2D eigenvalue weighted by atomic mass is 16.6. The van der Waals surface area contributed by atoms with Crippen molar-refractivity contribution in [1.29, 1.82) is 0 Å². The largest absolute Gasteiger partial charge is 0.477 e. The minimum absolute atomic E-state index is 0.0173. The number of hydrogen-bond acceptors (Lipinski definition) is 5. The van der Waals surface area contributed by atoms with Crippen molar-refractivity contribution in [2.75, 3.05) is 6.61 Å². The molecule has 0 fully saturated rings. The summed E-state index contributed by atoms with van der Waals surface area (Å²) in [6.45, 7) is 7.17. The molecule has 0 spiro atoms. The molecule has 144 valence electrons. The number of carbonyl (C=O) groups excluding carboxylic acids is 1. The number of pyridine rings is 1. The highest BCUT2D eigenvalue weighted by molar-refractivity contribution is 5.98. The molecule has 2 heterocycles. The first-order valence-corrected chi connectivity index (χ1v) is 8.82. The van der Waals surface area contributed by atoms with E-state index >= 15 is 0 Å². The van der Waals surface area contributed by atoms with E-state index in [0.29, 0.717) is 11.3 Å². The maximum absolute atomic E-state index is 12.7. The Morgan fingerprint density at radius 2 is 1.79 bits per heavy atom. The number of aryl methyl sites for hydroxylation is 3. The van der Waals surface area contributed by atoms with Crippen LogP contribution in [0.5, 0.6) is 5.75 Å². The topological polar surface area (TPSA) is 87.3 Å². The van der Waals surface area contributed by atoms with Gasteiger partial charge in [-0.2, -0.15) is 0 Å². The molecule has 0 bridgehead atoms. The highest BCUT2D eigenvalue weighted by Crippen LogP contribution is 2.26. The van der Waals surface area contributed by atoms with Crippen LogP contribution in [0.25, 0.3) is 5.69 Å². The van der Waals surface area contributed by atoms with Gasteiger partial charge >= 0.3 is 5.82 Å². The molecule has 2 aromatic heterocycles. The minimum Gasteiger partial charge on any atom is -0.477 e. The van der Waals surface area contributed by atoms with Gasteiger partial charge < -0.3 is 19.4 Å². The maximum atomic E-state index is 12.7. The third kappa shape index (κ3) is 3.78. The van der Waals surface area contributed by atoms with Crippen LogP contribution < -0.4 is 4.74 Å². The molecule has 3 aromatic rings. The Morgan fingerprint density at radius 1 is 1.11 bits per heavy atom. The average molecular weight is 379 g/mol. The van der Waals surface area contributed by atoms with E-state index in [1.54, 1.807) is 13.0 Å². The first-order valence-electron chi connectivity index (χ1n) is 8.82. The van der Waals surface area contributed by atoms with Crippen molar-refractivity contribution < 1.29 is 14.5 Å². The molecule has 0 saturated carbocycles. The minimum atomic E-state index is -0.615. The lowest BCUT2D eigenvalue weighted by Crippen LogP contribution is -2.14. The summed E-state index contributed by atoms with van der Waals surface area (Å²) in [6, 6.07) is 12.9. The number of nitro groups is 1. The first-order chi connectivity index (χ1) is 13.3. The van der Waals surface area contributed by atoms with Crippen LogP contribution >= 0.6 is 0 Å². The van der Waals surface area contributed by atoms with Crippen LogP contribution in [0.15, 0.2) is 42.5 Å². The van der Waals surface area contributed by atoms with E-state index in [-0.39, 0.29) is 18.1 Å². The zero-order chi connectivity index (χ0) is 20.4. The van der Waals surface area contributed by atoms with E-state index < -0.39 is 10.7 Å². The van der Waals surface area contributed by atoms with Gasteiger partial charge in [0.15, 0.2) is 6.61 Å². The van der Waals surface area contributed by atoms with E-state index in [1.165, 1.54) is 6.07 Å². The van der Waals surface area contributed by atoms with Crippen LogP contribution in [0.2, 0.25) is 0 Å². The zero-order valence-corrected chi connectivity index (χ0v) is 16.2. The van der Waals surface area contributed by atoms with Crippen molar-refractivity contribution in [3.63, 3.8) is 0 Å². The van der Waals surface area contributed by atoms with E-state index in [2.05, 4.69) is 4.98 Å². The van der Waals surface area contributed by atoms with Crippen molar-refractivity contribution in [2.45, 2.75) is 27.7 Å². The summed E-state index contributed by atoms with van der Waals surface area (Å²) in [5.74, 6) is -0.657. The zero-order valence-electron chi connectivity index (χ0n) is 16.2. The second kappa shape index (κ2) is 7.64. The Bertz CT molecular complexity index is 1050. The molecule has 0 aliphatic rings. The van der Waals surface area contributed by atoms with Crippen LogP contribution in [0, 0.1) is 37.8 Å². The molecule has 28 heavy (non-hydrogen) atoms. The van der Waals surface area contributed by atoms with Crippen LogP contribution in [-0.4, -0.2) is 26.9 Å². The van der Waals surface area contributed by atoms with E-state index in [0.717, 1.165) is 22.6 Å². The van der Waals surface area contributed by atoms with Gasteiger partial charge in [0, 0.05) is 29.6 Å². The summed E-state index contributed by atoms with van der Waals surface area (Å²) >= 11 is 0. The average Bonchev–Trinajstić information content (AvgIpc) is 2.95. The predicted molar refractivity (Wildman–Crippen MR) is 105 cm³/mol. The quantitative estimate of drug-likeness (QED) is 0.362. The molecule has 0 radical (unpaired) electrons. The molecule has 0 amide bonds. The van der Waals surface area contributed by atoms with Gasteiger partial charge in [-0.25, -0.2) is 0 Å². The summed E-state index contributed by atoms with van der Waals surface area (Å²) in [6.07, 6.45) is 0. The normalized spacial score (nSPS) is 10.7. The molecule has 1 aromatic carbocycles. The Balaban J connectivity index is 1.84. The standard InChI is InChI=1S/C21H21N3O4/c1-13-5-8-17(9-6-13)23-15(3)11-18(16(23)4)19(25)12-28-20-10-7-14(2)22-21(20)24(26)27/h5-11H,12H2,1-4H3. The Morgan fingerprint density at radius 3 is 2.43 bits per heavy atom. The smallest absolute Gasteiger partial charge is 0.406 e. The number of Topliss-reactive ketones (excluding diaryl/α,β-unsaturated/α-hetero) is 1. The van der Waals surface area contributed by atoms with Gasteiger partial charge in [0.2, 0.25) is 11.5 Å². The van der Waals surface area contributed by atoms with Gasteiger partial charge in [-0.05, 0) is 61.0 Å². The molecule has 0 atom stereocenters. The van der Waals surface area contributed by atoms with E-state index in [4.69, 9.17) is 4.74 Å². The molecular formula is C21H21N3O4. The van der Waals surface area contributed by atoms with Crippen LogP contribution in [0.3, 0.4) is 0 Å². The summed E-state index contributed by atoms with van der Waals surface area (Å²) in [7, 11) is 0. The lowest BCUT2D eigenvalue weighted by molar-refractivity contribution is -0.390.